The first-order chi connectivity index (χ1) is 10.8. The van der Waals surface area contributed by atoms with E-state index in [1.54, 1.807) is 0 Å². The minimum Gasteiger partial charge on any atom is -0.368 e. The standard InChI is InChI=1S/C19H17N3/c1-22(19-12-21-18-9-5-3-7-16(18)19)13-14-10-15-6-2-4-8-17(15)20-11-14/h2-12,21H,13H2,1H3. The number of hydrogen-bond acceptors (Lipinski definition) is 2. The highest BCUT2D eigenvalue weighted by Gasteiger charge is 2.08. The van der Waals surface area contributed by atoms with E-state index in [1.807, 2.05) is 18.3 Å². The van der Waals surface area contributed by atoms with Gasteiger partial charge in [0.25, 0.3) is 0 Å². The van der Waals surface area contributed by atoms with Crippen molar-refractivity contribution in [3.8, 4) is 0 Å². The zero-order chi connectivity index (χ0) is 14.9. The molecule has 0 unspecified atom stereocenters. The zero-order valence-electron chi connectivity index (χ0n) is 12.5. The van der Waals surface area contributed by atoms with Crippen LogP contribution in [0.3, 0.4) is 0 Å². The molecule has 108 valence electrons. The van der Waals surface area contributed by atoms with Gasteiger partial charge in [-0.05, 0) is 23.8 Å². The zero-order valence-corrected chi connectivity index (χ0v) is 12.5. The third-order valence-corrected chi connectivity index (χ3v) is 4.05. The van der Waals surface area contributed by atoms with Crippen LogP contribution in [-0.4, -0.2) is 17.0 Å². The maximum Gasteiger partial charge on any atom is 0.0702 e. The van der Waals surface area contributed by atoms with Crippen LogP contribution in [0.5, 0.6) is 0 Å². The number of H-pyrrole nitrogens is 1. The third kappa shape index (κ3) is 2.21. The molecule has 22 heavy (non-hydrogen) atoms. The van der Waals surface area contributed by atoms with Crippen LogP contribution in [-0.2, 0) is 6.54 Å². The molecule has 0 saturated heterocycles. The van der Waals surface area contributed by atoms with Crippen LogP contribution in [0, 0.1) is 0 Å². The SMILES string of the molecule is CN(Cc1cnc2ccccc2c1)c1c[nH]c2ccccc12. The number of nitrogens with one attached hydrogen (secondary N) is 1. The van der Waals surface area contributed by atoms with E-state index in [-0.39, 0.29) is 0 Å². The lowest BCUT2D eigenvalue weighted by molar-refractivity contribution is 0.923. The normalized spacial score (nSPS) is 11.1. The minimum atomic E-state index is 0.833. The fraction of sp³-hybridized carbons (Fsp3) is 0.105. The average Bonchev–Trinajstić information content (AvgIpc) is 2.99. The second kappa shape index (κ2) is 5.19. The summed E-state index contributed by atoms with van der Waals surface area (Å²) in [5.41, 5.74) is 4.64. The molecule has 0 saturated carbocycles. The van der Waals surface area contributed by atoms with Crippen molar-refractivity contribution in [2.75, 3.05) is 11.9 Å². The van der Waals surface area contributed by atoms with E-state index in [4.69, 9.17) is 0 Å². The van der Waals surface area contributed by atoms with Gasteiger partial charge in [-0.2, -0.15) is 0 Å². The highest BCUT2D eigenvalue weighted by Crippen LogP contribution is 2.26. The first-order valence-electron chi connectivity index (χ1n) is 7.42. The first kappa shape index (κ1) is 12.9. The minimum absolute atomic E-state index is 0.833. The monoisotopic (exact) mass is 287 g/mol. The molecule has 4 aromatic rings. The molecule has 0 radical (unpaired) electrons. The lowest BCUT2D eigenvalue weighted by Gasteiger charge is -2.18. The van der Waals surface area contributed by atoms with Crippen LogP contribution < -0.4 is 4.90 Å². The van der Waals surface area contributed by atoms with Crippen LogP contribution in [0.1, 0.15) is 5.56 Å². The predicted molar refractivity (Wildman–Crippen MR) is 92.1 cm³/mol. The van der Waals surface area contributed by atoms with Gasteiger partial charge in [-0.3, -0.25) is 4.98 Å². The maximum atomic E-state index is 4.54. The third-order valence-electron chi connectivity index (χ3n) is 4.05. The molecule has 2 aromatic carbocycles. The predicted octanol–water partition coefficient (Wildman–Crippen LogP) is 4.35. The fourth-order valence-corrected chi connectivity index (χ4v) is 2.93. The Kier molecular flexibility index (Phi) is 3.04. The van der Waals surface area contributed by atoms with Crippen LogP contribution in [0.25, 0.3) is 21.8 Å². The summed E-state index contributed by atoms with van der Waals surface area (Å²) in [6.07, 6.45) is 4.03. The molecule has 1 N–H and O–H groups in total. The van der Waals surface area contributed by atoms with Gasteiger partial charge in [0.2, 0.25) is 0 Å². The number of fused-ring (bicyclic) bond motifs is 2. The molecule has 0 aliphatic carbocycles. The van der Waals surface area contributed by atoms with E-state index < -0.39 is 0 Å². The van der Waals surface area contributed by atoms with Crippen LogP contribution >= 0.6 is 0 Å². The van der Waals surface area contributed by atoms with Gasteiger partial charge in [-0.15, -0.1) is 0 Å². The van der Waals surface area contributed by atoms with Gasteiger partial charge >= 0.3 is 0 Å². The van der Waals surface area contributed by atoms with Crippen molar-refractivity contribution in [2.45, 2.75) is 6.54 Å². The van der Waals surface area contributed by atoms with Crippen molar-refractivity contribution in [3.63, 3.8) is 0 Å². The molecule has 4 rings (SSSR count). The van der Waals surface area contributed by atoms with Crippen molar-refractivity contribution in [2.24, 2.45) is 0 Å². The number of nitrogens with zero attached hydrogens (tertiary/aromatic N) is 2. The summed E-state index contributed by atoms with van der Waals surface area (Å²) in [6, 6.07) is 18.8. The Labute approximate surface area is 129 Å². The van der Waals surface area contributed by atoms with Gasteiger partial charge in [0.1, 0.15) is 0 Å². The Hall–Kier alpha value is -2.81. The van der Waals surface area contributed by atoms with E-state index in [9.17, 15) is 0 Å². The number of aromatic nitrogens is 2. The maximum absolute atomic E-state index is 4.54. The average molecular weight is 287 g/mol. The topological polar surface area (TPSA) is 31.9 Å². The lowest BCUT2D eigenvalue weighted by Crippen LogP contribution is -2.16. The van der Waals surface area contributed by atoms with Gasteiger partial charge in [0.15, 0.2) is 0 Å². The van der Waals surface area contributed by atoms with E-state index in [1.165, 1.54) is 27.5 Å². The van der Waals surface area contributed by atoms with Crippen molar-refractivity contribution >= 4 is 27.5 Å². The quantitative estimate of drug-likeness (QED) is 0.607. The summed E-state index contributed by atoms with van der Waals surface area (Å²) in [4.78, 5) is 10.1. The number of anilines is 1. The smallest absolute Gasteiger partial charge is 0.0702 e. The molecule has 0 atom stereocenters. The van der Waals surface area contributed by atoms with E-state index in [0.29, 0.717) is 0 Å². The van der Waals surface area contributed by atoms with Gasteiger partial charge in [-0.1, -0.05) is 36.4 Å². The van der Waals surface area contributed by atoms with Crippen molar-refractivity contribution < 1.29 is 0 Å². The van der Waals surface area contributed by atoms with Gasteiger partial charge in [-0.25, -0.2) is 0 Å². The highest BCUT2D eigenvalue weighted by atomic mass is 15.1. The molecule has 0 aliphatic heterocycles. The largest absolute Gasteiger partial charge is 0.368 e. The molecular formula is C19H17N3. The second-order valence-electron chi connectivity index (χ2n) is 5.61. The number of hydrogen-bond donors (Lipinski definition) is 1. The van der Waals surface area contributed by atoms with Gasteiger partial charge < -0.3 is 9.88 Å². The molecule has 3 nitrogen and oxygen atoms in total. The molecule has 0 spiro atoms. The Morgan fingerprint density at radius 2 is 1.86 bits per heavy atom. The summed E-state index contributed by atoms with van der Waals surface area (Å²) >= 11 is 0. The first-order valence-corrected chi connectivity index (χ1v) is 7.42. The molecule has 3 heteroatoms. The van der Waals surface area contributed by atoms with Crippen molar-refractivity contribution in [3.05, 3.63) is 72.6 Å². The molecule has 0 bridgehead atoms. The number of para-hydroxylation sites is 2. The van der Waals surface area contributed by atoms with Crippen LogP contribution in [0.4, 0.5) is 5.69 Å². The van der Waals surface area contributed by atoms with E-state index in [2.05, 4.69) is 70.6 Å². The summed E-state index contributed by atoms with van der Waals surface area (Å²) < 4.78 is 0. The number of benzene rings is 2. The number of pyridine rings is 1. The fourth-order valence-electron chi connectivity index (χ4n) is 2.93. The van der Waals surface area contributed by atoms with Crippen LogP contribution in [0.2, 0.25) is 0 Å². The molecule has 0 fully saturated rings. The highest BCUT2D eigenvalue weighted by molar-refractivity contribution is 5.92. The van der Waals surface area contributed by atoms with Crippen molar-refractivity contribution in [1.29, 1.82) is 0 Å². The number of rotatable bonds is 3. The summed E-state index contributed by atoms with van der Waals surface area (Å²) in [5.74, 6) is 0. The lowest BCUT2D eigenvalue weighted by atomic mass is 10.1. The molecule has 2 aromatic heterocycles. The molecule has 0 aliphatic rings. The van der Waals surface area contributed by atoms with E-state index in [0.717, 1.165) is 12.1 Å². The summed E-state index contributed by atoms with van der Waals surface area (Å²) in [6.45, 7) is 0.833. The molecule has 2 heterocycles. The van der Waals surface area contributed by atoms with Crippen LogP contribution in [0.15, 0.2) is 67.0 Å². The molecular weight excluding hydrogens is 270 g/mol. The molecule has 0 amide bonds. The van der Waals surface area contributed by atoms with E-state index >= 15 is 0 Å². The van der Waals surface area contributed by atoms with Gasteiger partial charge in [0, 0.05) is 42.3 Å². The summed E-state index contributed by atoms with van der Waals surface area (Å²) in [5, 5.41) is 2.44. The Morgan fingerprint density at radius 3 is 2.82 bits per heavy atom. The Balaban J connectivity index is 1.66. The second-order valence-corrected chi connectivity index (χ2v) is 5.61. The Bertz CT molecular complexity index is 939. The van der Waals surface area contributed by atoms with Gasteiger partial charge in [0.05, 0.1) is 11.2 Å². The summed E-state index contributed by atoms with van der Waals surface area (Å²) in [7, 11) is 2.12. The number of aromatic amines is 1. The van der Waals surface area contributed by atoms with Crippen molar-refractivity contribution in [1.82, 2.24) is 9.97 Å². The Morgan fingerprint density at radius 1 is 1.05 bits per heavy atom.